The van der Waals surface area contributed by atoms with E-state index >= 15 is 0 Å². The van der Waals surface area contributed by atoms with E-state index in [1.54, 1.807) is 18.6 Å². The maximum absolute atomic E-state index is 12.9. The van der Waals surface area contributed by atoms with Gasteiger partial charge in [-0.15, -0.1) is 0 Å². The molecule has 0 spiro atoms. The average Bonchev–Trinajstić information content (AvgIpc) is 2.92. The molecule has 0 aliphatic carbocycles. The Morgan fingerprint density at radius 1 is 0.824 bits per heavy atom. The van der Waals surface area contributed by atoms with Crippen molar-refractivity contribution in [2.24, 2.45) is 0 Å². The minimum absolute atomic E-state index is 0.0994. The smallest absolute Gasteiger partial charge is 0.252 e. The summed E-state index contributed by atoms with van der Waals surface area (Å²) in [5.41, 5.74) is 4.71. The Bertz CT molecular complexity index is 1440. The van der Waals surface area contributed by atoms with Crippen molar-refractivity contribution in [3.63, 3.8) is 0 Å². The number of pyridine rings is 2. The van der Waals surface area contributed by atoms with Crippen LogP contribution in [0, 0.1) is 0 Å². The Labute approximate surface area is 197 Å². The number of aliphatic hydroxyl groups excluding tert-OH is 1. The molecule has 34 heavy (non-hydrogen) atoms. The Morgan fingerprint density at radius 3 is 2.35 bits per heavy atom. The van der Waals surface area contributed by atoms with Crippen LogP contribution < -0.4 is 5.32 Å². The van der Waals surface area contributed by atoms with E-state index < -0.39 is 6.10 Å². The molecule has 5 heteroatoms. The van der Waals surface area contributed by atoms with E-state index in [0.29, 0.717) is 5.56 Å². The first-order chi connectivity index (χ1) is 16.7. The first-order valence-electron chi connectivity index (χ1n) is 11.1. The highest BCUT2D eigenvalue weighted by atomic mass is 16.3. The lowest BCUT2D eigenvalue weighted by molar-refractivity contribution is 0.0916. The lowest BCUT2D eigenvalue weighted by Gasteiger charge is -2.15. The quantitative estimate of drug-likeness (QED) is 0.366. The van der Waals surface area contributed by atoms with E-state index in [-0.39, 0.29) is 12.5 Å². The Morgan fingerprint density at radius 2 is 1.56 bits per heavy atom. The average molecular weight is 446 g/mol. The van der Waals surface area contributed by atoms with Crippen molar-refractivity contribution in [1.29, 1.82) is 0 Å². The molecule has 0 aliphatic rings. The van der Waals surface area contributed by atoms with Gasteiger partial charge < -0.3 is 10.4 Å². The minimum Gasteiger partial charge on any atom is -0.387 e. The molecule has 0 bridgehead atoms. The van der Waals surface area contributed by atoms with Gasteiger partial charge in [-0.25, -0.2) is 0 Å². The Balaban J connectivity index is 1.38. The molecule has 1 atom stereocenters. The van der Waals surface area contributed by atoms with Gasteiger partial charge in [0.2, 0.25) is 0 Å². The number of benzene rings is 3. The highest BCUT2D eigenvalue weighted by Gasteiger charge is 2.16. The summed E-state index contributed by atoms with van der Waals surface area (Å²) in [5, 5.41) is 15.7. The largest absolute Gasteiger partial charge is 0.387 e. The molecule has 2 heterocycles. The second-order valence-corrected chi connectivity index (χ2v) is 8.05. The van der Waals surface area contributed by atoms with Gasteiger partial charge in [0.15, 0.2) is 0 Å². The van der Waals surface area contributed by atoms with Crippen LogP contribution in [0.25, 0.3) is 33.2 Å². The third-order valence-corrected chi connectivity index (χ3v) is 5.80. The van der Waals surface area contributed by atoms with Crippen LogP contribution in [0.15, 0.2) is 110 Å². The predicted octanol–water partition coefficient (Wildman–Crippen LogP) is 5.43. The monoisotopic (exact) mass is 445 g/mol. The first kappa shape index (κ1) is 21.5. The lowest BCUT2D eigenvalue weighted by Crippen LogP contribution is -2.28. The zero-order valence-corrected chi connectivity index (χ0v) is 18.4. The summed E-state index contributed by atoms with van der Waals surface area (Å²) in [7, 11) is 0. The Hall–Kier alpha value is -4.35. The summed E-state index contributed by atoms with van der Waals surface area (Å²) in [5.74, 6) is -0.290. The molecule has 0 saturated heterocycles. The van der Waals surface area contributed by atoms with Crippen LogP contribution in [-0.4, -0.2) is 27.5 Å². The van der Waals surface area contributed by atoms with Crippen LogP contribution >= 0.6 is 0 Å². The van der Waals surface area contributed by atoms with Crippen LogP contribution in [0.2, 0.25) is 0 Å². The maximum Gasteiger partial charge on any atom is 0.252 e. The molecule has 5 nitrogen and oxygen atoms in total. The van der Waals surface area contributed by atoms with Gasteiger partial charge >= 0.3 is 0 Å². The van der Waals surface area contributed by atoms with Crippen LogP contribution in [0.3, 0.4) is 0 Å². The molecule has 0 aliphatic heterocycles. The van der Waals surface area contributed by atoms with E-state index in [4.69, 9.17) is 0 Å². The van der Waals surface area contributed by atoms with Gasteiger partial charge in [-0.2, -0.15) is 0 Å². The summed E-state index contributed by atoms with van der Waals surface area (Å²) in [6, 6.07) is 29.3. The van der Waals surface area contributed by atoms with Crippen LogP contribution in [0.1, 0.15) is 22.0 Å². The van der Waals surface area contributed by atoms with Gasteiger partial charge in [0.25, 0.3) is 5.91 Å². The third kappa shape index (κ3) is 4.56. The van der Waals surface area contributed by atoms with Gasteiger partial charge in [0.1, 0.15) is 0 Å². The molecular weight excluding hydrogens is 422 g/mol. The van der Waals surface area contributed by atoms with E-state index in [9.17, 15) is 9.90 Å². The number of amides is 1. The summed E-state index contributed by atoms with van der Waals surface area (Å²) in [4.78, 5) is 21.7. The lowest BCUT2D eigenvalue weighted by atomic mass is 9.98. The molecule has 2 N–H and O–H groups in total. The van der Waals surface area contributed by atoms with E-state index in [1.807, 2.05) is 91.0 Å². The van der Waals surface area contributed by atoms with E-state index in [0.717, 1.165) is 38.7 Å². The molecule has 0 fully saturated rings. The number of aromatic nitrogens is 2. The fraction of sp³-hybridized carbons (Fsp3) is 0.0690. The number of nitrogens with zero attached hydrogens (tertiary/aromatic N) is 2. The van der Waals surface area contributed by atoms with Crippen molar-refractivity contribution in [3.8, 4) is 22.4 Å². The minimum atomic E-state index is -0.815. The predicted molar refractivity (Wildman–Crippen MR) is 134 cm³/mol. The summed E-state index contributed by atoms with van der Waals surface area (Å²) in [6.45, 7) is 0.0994. The van der Waals surface area contributed by atoms with Gasteiger partial charge in [-0.1, -0.05) is 66.7 Å². The molecule has 0 radical (unpaired) electrons. The maximum atomic E-state index is 12.9. The summed E-state index contributed by atoms with van der Waals surface area (Å²) in [6.07, 6.45) is 4.20. The molecule has 166 valence electrons. The van der Waals surface area contributed by atoms with Gasteiger partial charge in [0, 0.05) is 36.3 Å². The molecular formula is C29H23N3O2. The van der Waals surface area contributed by atoms with Crippen LogP contribution in [-0.2, 0) is 0 Å². The number of fused-ring (bicyclic) bond motifs is 1. The Kier molecular flexibility index (Phi) is 6.10. The third-order valence-electron chi connectivity index (χ3n) is 5.80. The number of hydrogen-bond donors (Lipinski definition) is 2. The highest BCUT2D eigenvalue weighted by Crippen LogP contribution is 2.30. The normalized spacial score (nSPS) is 11.8. The molecule has 2 aromatic heterocycles. The van der Waals surface area contributed by atoms with Gasteiger partial charge in [0.05, 0.1) is 17.4 Å². The fourth-order valence-corrected chi connectivity index (χ4v) is 3.99. The van der Waals surface area contributed by atoms with Crippen LogP contribution in [0.5, 0.6) is 0 Å². The van der Waals surface area contributed by atoms with E-state index in [1.165, 1.54) is 0 Å². The standard InChI is InChI=1S/C29H23N3O2/c33-27(24-11-10-20-6-4-5-9-23(20)16-24)19-32-29(34)25-17-26(21-12-14-30-15-13-21)28(31-18-25)22-7-2-1-3-8-22/h1-18,27,33H,19H2,(H,32,34). The number of hydrogen-bond acceptors (Lipinski definition) is 4. The van der Waals surface area contributed by atoms with Crippen molar-refractivity contribution in [2.45, 2.75) is 6.10 Å². The number of nitrogens with one attached hydrogen (secondary N) is 1. The zero-order valence-electron chi connectivity index (χ0n) is 18.4. The molecule has 0 saturated carbocycles. The second kappa shape index (κ2) is 9.65. The molecule has 3 aromatic carbocycles. The number of carbonyl (C=O) groups is 1. The van der Waals surface area contributed by atoms with Gasteiger partial charge in [-0.05, 0) is 46.2 Å². The molecule has 5 rings (SSSR count). The first-order valence-corrected chi connectivity index (χ1v) is 11.1. The topological polar surface area (TPSA) is 75.1 Å². The van der Waals surface area contributed by atoms with Crippen molar-refractivity contribution in [3.05, 3.63) is 121 Å². The van der Waals surface area contributed by atoms with Crippen molar-refractivity contribution < 1.29 is 9.90 Å². The van der Waals surface area contributed by atoms with Crippen molar-refractivity contribution >= 4 is 16.7 Å². The number of aliphatic hydroxyl groups is 1. The van der Waals surface area contributed by atoms with Crippen LogP contribution in [0.4, 0.5) is 0 Å². The summed E-state index contributed by atoms with van der Waals surface area (Å²) >= 11 is 0. The van der Waals surface area contributed by atoms with Gasteiger partial charge in [-0.3, -0.25) is 14.8 Å². The van der Waals surface area contributed by atoms with Crippen molar-refractivity contribution in [2.75, 3.05) is 6.54 Å². The second-order valence-electron chi connectivity index (χ2n) is 8.05. The number of rotatable bonds is 6. The molecule has 1 unspecified atom stereocenters. The SMILES string of the molecule is O=C(NCC(O)c1ccc2ccccc2c1)c1cnc(-c2ccccc2)c(-c2ccncc2)c1. The molecule has 5 aromatic rings. The zero-order chi connectivity index (χ0) is 23.3. The summed E-state index contributed by atoms with van der Waals surface area (Å²) < 4.78 is 0. The van der Waals surface area contributed by atoms with E-state index in [2.05, 4.69) is 15.3 Å². The fourth-order valence-electron chi connectivity index (χ4n) is 3.99. The highest BCUT2D eigenvalue weighted by molar-refractivity contribution is 5.96. The van der Waals surface area contributed by atoms with Crippen molar-refractivity contribution in [1.82, 2.24) is 15.3 Å². The molecule has 1 amide bonds. The number of carbonyl (C=O) groups excluding carboxylic acids is 1.